The Balaban J connectivity index is 1.61. The van der Waals surface area contributed by atoms with Crippen LogP contribution in [0.1, 0.15) is 15.9 Å². The molecule has 20 heavy (non-hydrogen) atoms. The first-order chi connectivity index (χ1) is 9.83. The van der Waals surface area contributed by atoms with Crippen molar-refractivity contribution in [3.05, 3.63) is 65.2 Å². The molecule has 0 saturated heterocycles. The first kappa shape index (κ1) is 12.8. The van der Waals surface area contributed by atoms with Crippen LogP contribution < -0.4 is 5.48 Å². The molecular formula is C15H12N2O2S. The van der Waals surface area contributed by atoms with Crippen LogP contribution in [0.25, 0.3) is 10.2 Å². The van der Waals surface area contributed by atoms with Gasteiger partial charge in [-0.3, -0.25) is 9.63 Å². The summed E-state index contributed by atoms with van der Waals surface area (Å²) in [6.45, 7) is 0.343. The maximum absolute atomic E-state index is 11.9. The Morgan fingerprint density at radius 1 is 1.20 bits per heavy atom. The molecule has 0 fully saturated rings. The number of hydrogen-bond acceptors (Lipinski definition) is 4. The lowest BCUT2D eigenvalue weighted by Gasteiger charge is -2.06. The molecule has 0 saturated carbocycles. The van der Waals surface area contributed by atoms with Crippen LogP contribution in [-0.2, 0) is 11.4 Å². The topological polar surface area (TPSA) is 51.2 Å². The monoisotopic (exact) mass is 284 g/mol. The van der Waals surface area contributed by atoms with Crippen LogP contribution in [0, 0.1) is 0 Å². The lowest BCUT2D eigenvalue weighted by molar-refractivity contribution is 0.0233. The van der Waals surface area contributed by atoms with Crippen LogP contribution >= 0.6 is 11.3 Å². The van der Waals surface area contributed by atoms with E-state index in [1.54, 1.807) is 11.6 Å². The van der Waals surface area contributed by atoms with Gasteiger partial charge in [0.25, 0.3) is 5.91 Å². The number of benzene rings is 2. The average Bonchev–Trinajstić information content (AvgIpc) is 2.95. The Bertz CT molecular complexity index is 725. The van der Waals surface area contributed by atoms with Crippen molar-refractivity contribution >= 4 is 27.5 Å². The molecule has 1 heterocycles. The third-order valence-electron chi connectivity index (χ3n) is 2.84. The van der Waals surface area contributed by atoms with Gasteiger partial charge in [-0.05, 0) is 23.8 Å². The summed E-state index contributed by atoms with van der Waals surface area (Å²) in [5.74, 6) is -0.253. The van der Waals surface area contributed by atoms with Gasteiger partial charge in [-0.2, -0.15) is 0 Å². The summed E-state index contributed by atoms with van der Waals surface area (Å²) in [5, 5.41) is 0. The van der Waals surface area contributed by atoms with Gasteiger partial charge in [-0.25, -0.2) is 10.5 Å². The van der Waals surface area contributed by atoms with Crippen molar-refractivity contribution in [3.63, 3.8) is 0 Å². The number of amides is 1. The number of nitrogens with one attached hydrogen (secondary N) is 1. The van der Waals surface area contributed by atoms with E-state index in [0.717, 1.165) is 15.8 Å². The third-order valence-corrected chi connectivity index (χ3v) is 3.63. The van der Waals surface area contributed by atoms with E-state index >= 15 is 0 Å². The maximum Gasteiger partial charge on any atom is 0.274 e. The van der Waals surface area contributed by atoms with Gasteiger partial charge < -0.3 is 0 Å². The molecule has 2 aromatic carbocycles. The van der Waals surface area contributed by atoms with E-state index in [9.17, 15) is 4.79 Å². The third kappa shape index (κ3) is 2.84. The van der Waals surface area contributed by atoms with Crippen LogP contribution in [0.2, 0.25) is 0 Å². The Hall–Kier alpha value is -2.24. The summed E-state index contributed by atoms with van der Waals surface area (Å²) in [6, 6.07) is 15.1. The minimum Gasteiger partial charge on any atom is -0.269 e. The average molecular weight is 284 g/mol. The highest BCUT2D eigenvalue weighted by molar-refractivity contribution is 7.16. The molecule has 1 N–H and O–H groups in total. The van der Waals surface area contributed by atoms with Crippen molar-refractivity contribution in [2.24, 2.45) is 0 Å². The summed E-state index contributed by atoms with van der Waals surface area (Å²) in [4.78, 5) is 21.3. The maximum atomic E-state index is 11.9. The molecule has 0 aliphatic rings. The van der Waals surface area contributed by atoms with Crippen molar-refractivity contribution in [2.45, 2.75) is 6.61 Å². The first-order valence-electron chi connectivity index (χ1n) is 6.12. The summed E-state index contributed by atoms with van der Waals surface area (Å²) in [6.07, 6.45) is 0. The Kier molecular flexibility index (Phi) is 3.71. The number of carbonyl (C=O) groups is 1. The molecule has 3 rings (SSSR count). The molecule has 0 spiro atoms. The second-order valence-electron chi connectivity index (χ2n) is 4.24. The minimum absolute atomic E-state index is 0.253. The number of hydrogen-bond donors (Lipinski definition) is 1. The van der Waals surface area contributed by atoms with Gasteiger partial charge >= 0.3 is 0 Å². The summed E-state index contributed by atoms with van der Waals surface area (Å²) in [7, 11) is 0. The largest absolute Gasteiger partial charge is 0.274 e. The zero-order valence-electron chi connectivity index (χ0n) is 10.6. The van der Waals surface area contributed by atoms with E-state index in [0.29, 0.717) is 12.2 Å². The van der Waals surface area contributed by atoms with E-state index in [1.807, 2.05) is 42.5 Å². The van der Waals surface area contributed by atoms with Gasteiger partial charge in [0, 0.05) is 5.56 Å². The van der Waals surface area contributed by atoms with Crippen molar-refractivity contribution < 1.29 is 9.63 Å². The highest BCUT2D eigenvalue weighted by Gasteiger charge is 2.07. The highest BCUT2D eigenvalue weighted by atomic mass is 32.1. The molecule has 1 aromatic heterocycles. The second kappa shape index (κ2) is 5.81. The lowest BCUT2D eigenvalue weighted by atomic mass is 10.2. The molecule has 0 unspecified atom stereocenters. The molecule has 0 aliphatic heterocycles. The molecule has 100 valence electrons. The number of rotatable bonds is 4. The fourth-order valence-electron chi connectivity index (χ4n) is 1.81. The fraction of sp³-hybridized carbons (Fsp3) is 0.0667. The van der Waals surface area contributed by atoms with E-state index < -0.39 is 0 Å². The number of thiazole rings is 1. The second-order valence-corrected chi connectivity index (χ2v) is 5.13. The van der Waals surface area contributed by atoms with E-state index in [2.05, 4.69) is 10.5 Å². The minimum atomic E-state index is -0.253. The fourth-order valence-corrected chi connectivity index (χ4v) is 2.53. The Morgan fingerprint density at radius 3 is 2.90 bits per heavy atom. The number of carbonyl (C=O) groups excluding carboxylic acids is 1. The molecule has 4 nitrogen and oxygen atoms in total. The summed E-state index contributed by atoms with van der Waals surface area (Å²) < 4.78 is 0.987. The number of hydroxylamine groups is 1. The zero-order chi connectivity index (χ0) is 13.8. The van der Waals surface area contributed by atoms with Gasteiger partial charge in [0.2, 0.25) is 0 Å². The zero-order valence-corrected chi connectivity index (χ0v) is 11.4. The van der Waals surface area contributed by atoms with Crippen LogP contribution in [0.5, 0.6) is 0 Å². The SMILES string of the molecule is O=C(NOCc1ccccc1)c1ccc2ncsc2c1. The molecule has 5 heteroatoms. The van der Waals surface area contributed by atoms with Gasteiger partial charge in [0.1, 0.15) is 0 Å². The van der Waals surface area contributed by atoms with Crippen molar-refractivity contribution in [3.8, 4) is 0 Å². The smallest absolute Gasteiger partial charge is 0.269 e. The quantitative estimate of drug-likeness (QED) is 0.749. The number of aromatic nitrogens is 1. The van der Waals surface area contributed by atoms with Crippen LogP contribution in [0.15, 0.2) is 54.0 Å². The molecular weight excluding hydrogens is 272 g/mol. The molecule has 3 aromatic rings. The molecule has 0 aliphatic carbocycles. The van der Waals surface area contributed by atoms with Crippen molar-refractivity contribution in [1.29, 1.82) is 0 Å². The molecule has 1 amide bonds. The number of nitrogens with zero attached hydrogens (tertiary/aromatic N) is 1. The predicted octanol–water partition coefficient (Wildman–Crippen LogP) is 3.16. The Labute approximate surface area is 120 Å². The van der Waals surface area contributed by atoms with E-state index in [1.165, 1.54) is 11.3 Å². The van der Waals surface area contributed by atoms with Crippen LogP contribution in [0.4, 0.5) is 0 Å². The highest BCUT2D eigenvalue weighted by Crippen LogP contribution is 2.18. The van der Waals surface area contributed by atoms with Crippen LogP contribution in [0.3, 0.4) is 0 Å². The number of fused-ring (bicyclic) bond motifs is 1. The predicted molar refractivity (Wildman–Crippen MR) is 78.3 cm³/mol. The first-order valence-corrected chi connectivity index (χ1v) is 7.00. The van der Waals surface area contributed by atoms with Gasteiger partial charge in [-0.15, -0.1) is 11.3 Å². The van der Waals surface area contributed by atoms with Gasteiger partial charge in [0.05, 0.1) is 22.3 Å². The molecule has 0 bridgehead atoms. The Morgan fingerprint density at radius 2 is 2.05 bits per heavy atom. The lowest BCUT2D eigenvalue weighted by Crippen LogP contribution is -2.23. The molecule has 0 atom stereocenters. The van der Waals surface area contributed by atoms with Crippen molar-refractivity contribution in [2.75, 3.05) is 0 Å². The summed E-state index contributed by atoms with van der Waals surface area (Å²) in [5.41, 5.74) is 6.68. The van der Waals surface area contributed by atoms with Gasteiger partial charge in [0.15, 0.2) is 0 Å². The molecule has 0 radical (unpaired) electrons. The van der Waals surface area contributed by atoms with Crippen molar-refractivity contribution in [1.82, 2.24) is 10.5 Å². The normalized spacial score (nSPS) is 10.6. The van der Waals surface area contributed by atoms with E-state index in [4.69, 9.17) is 4.84 Å². The van der Waals surface area contributed by atoms with E-state index in [-0.39, 0.29) is 5.91 Å². The standard InChI is InChI=1S/C15H12N2O2S/c18-15(17-19-9-11-4-2-1-3-5-11)12-6-7-13-14(8-12)20-10-16-13/h1-8,10H,9H2,(H,17,18). The van der Waals surface area contributed by atoms with Crippen LogP contribution in [-0.4, -0.2) is 10.9 Å². The van der Waals surface area contributed by atoms with Gasteiger partial charge in [-0.1, -0.05) is 30.3 Å². The summed E-state index contributed by atoms with van der Waals surface area (Å²) >= 11 is 1.51.